The molecule has 0 aromatic heterocycles. The van der Waals surface area contributed by atoms with Gasteiger partial charge in [-0.3, -0.25) is 5.21 Å². The fourth-order valence-corrected chi connectivity index (χ4v) is 3.10. The number of aliphatic imine (C=N–C) groups is 1. The van der Waals surface area contributed by atoms with E-state index in [0.29, 0.717) is 10.8 Å². The maximum Gasteiger partial charge on any atom is 0.213 e. The van der Waals surface area contributed by atoms with Gasteiger partial charge in [0, 0.05) is 0 Å². The number of nitrogens with one attached hydrogen (secondary N) is 1. The third-order valence-corrected chi connectivity index (χ3v) is 2.97. The summed E-state index contributed by atoms with van der Waals surface area (Å²) in [6, 6.07) is 0.211. The molecule has 4 nitrogen and oxygen atoms in total. The molecular weight excluding hydrogens is 190 g/mol. The summed E-state index contributed by atoms with van der Waals surface area (Å²) in [6.07, 6.45) is 3.26. The summed E-state index contributed by atoms with van der Waals surface area (Å²) in [5, 5.41) is 8.62. The van der Waals surface area contributed by atoms with Gasteiger partial charge >= 0.3 is 0 Å². The van der Waals surface area contributed by atoms with Crippen LogP contribution in [-0.4, -0.2) is 17.2 Å². The zero-order valence-corrected chi connectivity index (χ0v) is 10.2. The number of hydrogen-bond acceptors (Lipinski definition) is 2. The minimum absolute atomic E-state index is 0.119. The van der Waals surface area contributed by atoms with Crippen LogP contribution >= 0.6 is 0 Å². The Hall–Kier alpha value is -0.770. The van der Waals surface area contributed by atoms with E-state index in [1.807, 2.05) is 5.48 Å². The number of guanidine groups is 1. The summed E-state index contributed by atoms with van der Waals surface area (Å²) in [5.41, 5.74) is 7.96. The Morgan fingerprint density at radius 2 is 1.73 bits per heavy atom. The van der Waals surface area contributed by atoms with Crippen molar-refractivity contribution < 1.29 is 5.21 Å². The predicted octanol–water partition coefficient (Wildman–Crippen LogP) is 1.88. The summed E-state index contributed by atoms with van der Waals surface area (Å²) in [4.78, 5) is 4.28. The minimum atomic E-state index is 0.119. The van der Waals surface area contributed by atoms with Crippen LogP contribution in [0.15, 0.2) is 4.99 Å². The number of hydrogen-bond donors (Lipinski definition) is 3. The lowest BCUT2D eigenvalue weighted by molar-refractivity contribution is 0.0989. The van der Waals surface area contributed by atoms with Gasteiger partial charge in [0.2, 0.25) is 5.96 Å². The molecule has 4 N–H and O–H groups in total. The molecule has 0 spiro atoms. The molecule has 1 aliphatic rings. The quantitative estimate of drug-likeness (QED) is 0.354. The van der Waals surface area contributed by atoms with Crippen LogP contribution in [0.2, 0.25) is 0 Å². The average molecular weight is 213 g/mol. The van der Waals surface area contributed by atoms with Crippen LogP contribution in [0.1, 0.15) is 47.0 Å². The van der Waals surface area contributed by atoms with Gasteiger partial charge in [0.15, 0.2) is 0 Å². The molecule has 1 saturated carbocycles. The second kappa shape index (κ2) is 4.00. The first-order chi connectivity index (χ1) is 6.74. The highest BCUT2D eigenvalue weighted by Crippen LogP contribution is 2.46. The van der Waals surface area contributed by atoms with Crippen LogP contribution in [0.3, 0.4) is 0 Å². The summed E-state index contributed by atoms with van der Waals surface area (Å²) in [6.45, 7) is 9.05. The van der Waals surface area contributed by atoms with Gasteiger partial charge < -0.3 is 5.73 Å². The summed E-state index contributed by atoms with van der Waals surface area (Å²) in [5.74, 6) is 0.119. The molecule has 0 amide bonds. The Kier molecular flexibility index (Phi) is 3.28. The van der Waals surface area contributed by atoms with Crippen molar-refractivity contribution in [1.29, 1.82) is 0 Å². The highest BCUT2D eigenvalue weighted by atomic mass is 16.5. The number of nitrogens with two attached hydrogens (primary N) is 1. The second-order valence-electron chi connectivity index (χ2n) is 6.19. The Morgan fingerprint density at radius 3 is 2.13 bits per heavy atom. The van der Waals surface area contributed by atoms with Gasteiger partial charge in [-0.1, -0.05) is 27.7 Å². The SMILES string of the molecule is CC1(C)CC(N=C(N)NO)CC(C)(C)C1. The van der Waals surface area contributed by atoms with Gasteiger partial charge in [-0.15, -0.1) is 0 Å². The van der Waals surface area contributed by atoms with E-state index in [2.05, 4.69) is 32.7 Å². The molecule has 0 aromatic rings. The first kappa shape index (κ1) is 12.3. The van der Waals surface area contributed by atoms with Gasteiger partial charge in [-0.2, -0.15) is 0 Å². The van der Waals surface area contributed by atoms with Gasteiger partial charge in [0.1, 0.15) is 0 Å². The van der Waals surface area contributed by atoms with Crippen molar-refractivity contribution in [3.8, 4) is 0 Å². The highest BCUT2D eigenvalue weighted by Gasteiger charge is 2.38. The van der Waals surface area contributed by atoms with Crippen LogP contribution in [0, 0.1) is 10.8 Å². The van der Waals surface area contributed by atoms with Crippen LogP contribution in [0.5, 0.6) is 0 Å². The zero-order valence-electron chi connectivity index (χ0n) is 10.2. The topological polar surface area (TPSA) is 70.6 Å². The van der Waals surface area contributed by atoms with Crippen molar-refractivity contribution in [3.63, 3.8) is 0 Å². The van der Waals surface area contributed by atoms with E-state index < -0.39 is 0 Å². The Bertz CT molecular complexity index is 243. The monoisotopic (exact) mass is 213 g/mol. The van der Waals surface area contributed by atoms with Crippen molar-refractivity contribution in [1.82, 2.24) is 5.48 Å². The van der Waals surface area contributed by atoms with Gasteiger partial charge in [-0.25, -0.2) is 10.5 Å². The molecule has 1 fully saturated rings. The average Bonchev–Trinajstić information content (AvgIpc) is 1.97. The number of hydroxylamine groups is 1. The molecular formula is C11H23N3O. The normalized spacial score (nSPS) is 26.3. The first-order valence-corrected chi connectivity index (χ1v) is 5.47. The molecule has 1 rings (SSSR count). The molecule has 0 aromatic carbocycles. The molecule has 0 aliphatic heterocycles. The van der Waals surface area contributed by atoms with Gasteiger partial charge in [0.25, 0.3) is 0 Å². The molecule has 0 heterocycles. The molecule has 0 radical (unpaired) electrons. The molecule has 0 unspecified atom stereocenters. The molecule has 15 heavy (non-hydrogen) atoms. The lowest BCUT2D eigenvalue weighted by atomic mass is 9.64. The largest absolute Gasteiger partial charge is 0.368 e. The van der Waals surface area contributed by atoms with Crippen molar-refractivity contribution in [3.05, 3.63) is 0 Å². The molecule has 1 aliphatic carbocycles. The molecule has 4 heteroatoms. The molecule has 0 bridgehead atoms. The number of rotatable bonds is 1. The van der Waals surface area contributed by atoms with Crippen LogP contribution in [0.4, 0.5) is 0 Å². The standard InChI is InChI=1S/C11H23N3O/c1-10(2)5-8(13-9(12)14-15)6-11(3,4)7-10/h8,15H,5-7H2,1-4H3,(H3,12,13,14). The van der Waals surface area contributed by atoms with Crippen LogP contribution < -0.4 is 11.2 Å². The first-order valence-electron chi connectivity index (χ1n) is 5.47. The zero-order chi connectivity index (χ0) is 11.7. The molecule has 0 atom stereocenters. The third-order valence-electron chi connectivity index (χ3n) is 2.97. The fourth-order valence-electron chi connectivity index (χ4n) is 3.10. The third kappa shape index (κ3) is 3.70. The van der Waals surface area contributed by atoms with E-state index in [9.17, 15) is 0 Å². The Morgan fingerprint density at radius 1 is 1.27 bits per heavy atom. The minimum Gasteiger partial charge on any atom is -0.368 e. The maximum atomic E-state index is 8.62. The van der Waals surface area contributed by atoms with E-state index in [0.717, 1.165) is 12.8 Å². The fraction of sp³-hybridized carbons (Fsp3) is 0.909. The van der Waals surface area contributed by atoms with E-state index in [-0.39, 0.29) is 12.0 Å². The smallest absolute Gasteiger partial charge is 0.213 e. The van der Waals surface area contributed by atoms with Crippen molar-refractivity contribution in [2.45, 2.75) is 53.0 Å². The van der Waals surface area contributed by atoms with Crippen molar-refractivity contribution >= 4 is 5.96 Å². The van der Waals surface area contributed by atoms with E-state index >= 15 is 0 Å². The van der Waals surface area contributed by atoms with Crippen molar-refractivity contribution in [2.24, 2.45) is 21.6 Å². The number of nitrogens with zero attached hydrogens (tertiary/aromatic N) is 1. The summed E-state index contributed by atoms with van der Waals surface area (Å²) >= 11 is 0. The summed E-state index contributed by atoms with van der Waals surface area (Å²) < 4.78 is 0. The lowest BCUT2D eigenvalue weighted by Crippen LogP contribution is -2.38. The predicted molar refractivity (Wildman–Crippen MR) is 61.7 cm³/mol. The molecule has 0 saturated heterocycles. The highest BCUT2D eigenvalue weighted by molar-refractivity contribution is 5.76. The lowest BCUT2D eigenvalue weighted by Gasteiger charge is -2.43. The Balaban J connectivity index is 2.76. The van der Waals surface area contributed by atoms with E-state index in [4.69, 9.17) is 10.9 Å². The van der Waals surface area contributed by atoms with Crippen LogP contribution in [0.25, 0.3) is 0 Å². The van der Waals surface area contributed by atoms with Crippen LogP contribution in [-0.2, 0) is 0 Å². The van der Waals surface area contributed by atoms with Gasteiger partial charge in [-0.05, 0) is 30.1 Å². The second-order valence-corrected chi connectivity index (χ2v) is 6.19. The van der Waals surface area contributed by atoms with E-state index in [1.54, 1.807) is 0 Å². The Labute approximate surface area is 91.9 Å². The summed E-state index contributed by atoms with van der Waals surface area (Å²) in [7, 11) is 0. The van der Waals surface area contributed by atoms with E-state index in [1.165, 1.54) is 6.42 Å². The maximum absolute atomic E-state index is 8.62. The molecule has 88 valence electrons. The van der Waals surface area contributed by atoms with Crippen molar-refractivity contribution in [2.75, 3.05) is 0 Å². The van der Waals surface area contributed by atoms with Gasteiger partial charge in [0.05, 0.1) is 6.04 Å².